The van der Waals surface area contributed by atoms with E-state index in [1.165, 1.54) is 31.3 Å². The third-order valence-electron chi connectivity index (χ3n) is 3.58. The highest BCUT2D eigenvalue weighted by molar-refractivity contribution is 7.89. The number of benzene rings is 2. The summed E-state index contributed by atoms with van der Waals surface area (Å²) in [6.07, 6.45) is 0.511. The van der Waals surface area contributed by atoms with Crippen molar-refractivity contribution in [1.82, 2.24) is 4.31 Å². The van der Waals surface area contributed by atoms with Gasteiger partial charge in [0.2, 0.25) is 10.0 Å². The number of nitro benzene ring substituents is 1. The lowest BCUT2D eigenvalue weighted by atomic mass is 10.1. The van der Waals surface area contributed by atoms with E-state index in [2.05, 4.69) is 0 Å². The van der Waals surface area contributed by atoms with E-state index in [0.717, 1.165) is 9.87 Å². The van der Waals surface area contributed by atoms with Crippen molar-refractivity contribution in [3.05, 3.63) is 70.3 Å². The molecule has 0 saturated heterocycles. The molecule has 0 bridgehead atoms. The van der Waals surface area contributed by atoms with Crippen LogP contribution in [-0.4, -0.2) is 37.3 Å². The van der Waals surface area contributed by atoms with Crippen LogP contribution < -0.4 is 5.73 Å². The van der Waals surface area contributed by atoms with Gasteiger partial charge in [-0.1, -0.05) is 42.5 Å². The first-order valence-corrected chi connectivity index (χ1v) is 8.75. The minimum absolute atomic E-state index is 0.0588. The normalized spacial score (nSPS) is 13.0. The van der Waals surface area contributed by atoms with Crippen molar-refractivity contribution in [2.45, 2.75) is 17.4 Å². The number of rotatable bonds is 7. The average Bonchev–Trinajstić information content (AvgIpc) is 2.55. The maximum absolute atomic E-state index is 12.6. The smallest absolute Gasteiger partial charge is 0.289 e. The highest BCUT2D eigenvalue weighted by Gasteiger charge is 2.29. The van der Waals surface area contributed by atoms with Gasteiger partial charge in [-0.3, -0.25) is 10.1 Å². The zero-order valence-electron chi connectivity index (χ0n) is 13.2. The number of para-hydroxylation sites is 1. The molecule has 0 spiro atoms. The van der Waals surface area contributed by atoms with Crippen molar-refractivity contribution in [3.63, 3.8) is 0 Å². The molecule has 24 heavy (non-hydrogen) atoms. The lowest BCUT2D eigenvalue weighted by molar-refractivity contribution is -0.387. The summed E-state index contributed by atoms with van der Waals surface area (Å²) in [5.74, 6) is 0. The predicted octanol–water partition coefficient (Wildman–Crippen LogP) is 1.79. The van der Waals surface area contributed by atoms with Crippen LogP contribution in [0.1, 0.15) is 5.56 Å². The molecule has 2 rings (SSSR count). The first kappa shape index (κ1) is 18.1. The second-order valence-corrected chi connectivity index (χ2v) is 7.47. The number of likely N-dealkylation sites (N-methyl/N-ethyl adjacent to an activating group) is 1. The molecule has 0 aliphatic heterocycles. The molecule has 2 N–H and O–H groups in total. The molecule has 0 aliphatic carbocycles. The standard InChI is InChI=1S/C16H19N3O4S/c1-18(12-14(17)11-13-7-3-2-4-8-13)24(22,23)16-10-6-5-9-15(16)19(20)21/h2-10,14H,11-12,17H2,1H3/t14-/m1/s1. The fraction of sp³-hybridized carbons (Fsp3) is 0.250. The first-order chi connectivity index (χ1) is 11.3. The maximum atomic E-state index is 12.6. The maximum Gasteiger partial charge on any atom is 0.289 e. The molecule has 0 unspecified atom stereocenters. The van der Waals surface area contributed by atoms with E-state index < -0.39 is 26.7 Å². The third-order valence-corrected chi connectivity index (χ3v) is 5.45. The molecule has 0 heterocycles. The first-order valence-electron chi connectivity index (χ1n) is 7.31. The Kier molecular flexibility index (Phi) is 5.66. The quantitative estimate of drug-likeness (QED) is 0.606. The van der Waals surface area contributed by atoms with Gasteiger partial charge in [0.25, 0.3) is 5.69 Å². The van der Waals surface area contributed by atoms with Gasteiger partial charge in [-0.25, -0.2) is 8.42 Å². The lowest BCUT2D eigenvalue weighted by Crippen LogP contribution is -2.40. The molecule has 8 heteroatoms. The molecular formula is C16H19N3O4S. The molecule has 0 amide bonds. The van der Waals surface area contributed by atoms with Crippen LogP contribution in [0.5, 0.6) is 0 Å². The number of hydrogen-bond acceptors (Lipinski definition) is 5. The van der Waals surface area contributed by atoms with E-state index in [4.69, 9.17) is 5.73 Å². The molecule has 0 saturated carbocycles. The number of sulfonamides is 1. The predicted molar refractivity (Wildman–Crippen MR) is 91.0 cm³/mol. The summed E-state index contributed by atoms with van der Waals surface area (Å²) in [6.45, 7) is 0.0588. The number of hydrogen-bond donors (Lipinski definition) is 1. The molecule has 128 valence electrons. The second-order valence-electron chi connectivity index (χ2n) is 5.46. The monoisotopic (exact) mass is 349 g/mol. The van der Waals surface area contributed by atoms with Crippen molar-refractivity contribution in [2.24, 2.45) is 5.73 Å². The average molecular weight is 349 g/mol. The van der Waals surface area contributed by atoms with Crippen LogP contribution in [0.15, 0.2) is 59.5 Å². The Balaban J connectivity index is 2.16. The SMILES string of the molecule is CN(C[C@H](N)Cc1ccccc1)S(=O)(=O)c1ccccc1[N+](=O)[O-]. The van der Waals surface area contributed by atoms with Gasteiger partial charge in [-0.2, -0.15) is 4.31 Å². The molecule has 0 fully saturated rings. The Morgan fingerprint density at radius 2 is 1.71 bits per heavy atom. The van der Waals surface area contributed by atoms with Crippen molar-refractivity contribution < 1.29 is 13.3 Å². The Bertz CT molecular complexity index is 809. The summed E-state index contributed by atoms with van der Waals surface area (Å²) in [7, 11) is -2.62. The summed E-state index contributed by atoms with van der Waals surface area (Å²) in [4.78, 5) is 10.0. The van der Waals surface area contributed by atoms with Gasteiger partial charge in [-0.05, 0) is 18.1 Å². The molecule has 1 atom stereocenters. The summed E-state index contributed by atoms with van der Waals surface area (Å²) in [5, 5.41) is 11.1. The molecule has 2 aromatic rings. The topological polar surface area (TPSA) is 107 Å². The van der Waals surface area contributed by atoms with Gasteiger partial charge in [0.05, 0.1) is 4.92 Å². The highest BCUT2D eigenvalue weighted by atomic mass is 32.2. The van der Waals surface area contributed by atoms with Crippen LogP contribution in [0.4, 0.5) is 5.69 Å². The summed E-state index contributed by atoms with van der Waals surface area (Å²) in [6, 6.07) is 14.3. The van der Waals surface area contributed by atoms with E-state index in [1.54, 1.807) is 0 Å². The van der Waals surface area contributed by atoms with Crippen LogP contribution >= 0.6 is 0 Å². The van der Waals surface area contributed by atoms with Gasteiger partial charge in [0.1, 0.15) is 0 Å². The van der Waals surface area contributed by atoms with E-state index in [-0.39, 0.29) is 11.4 Å². The van der Waals surface area contributed by atoms with Crippen molar-refractivity contribution in [1.29, 1.82) is 0 Å². The summed E-state index contributed by atoms with van der Waals surface area (Å²) >= 11 is 0. The Morgan fingerprint density at radius 1 is 1.12 bits per heavy atom. The van der Waals surface area contributed by atoms with Crippen LogP contribution in [0, 0.1) is 10.1 Å². The fourth-order valence-corrected chi connectivity index (χ4v) is 3.78. The van der Waals surface area contributed by atoms with Crippen LogP contribution in [0.3, 0.4) is 0 Å². The molecule has 7 nitrogen and oxygen atoms in total. The number of nitrogens with two attached hydrogens (primary N) is 1. The van der Waals surface area contributed by atoms with Gasteiger partial charge in [-0.15, -0.1) is 0 Å². The Labute approximate surface area is 140 Å². The van der Waals surface area contributed by atoms with Gasteiger partial charge < -0.3 is 5.73 Å². The van der Waals surface area contributed by atoms with Crippen molar-refractivity contribution in [2.75, 3.05) is 13.6 Å². The molecule has 0 radical (unpaired) electrons. The summed E-state index contributed by atoms with van der Waals surface area (Å²) < 4.78 is 26.3. The van der Waals surface area contributed by atoms with Gasteiger partial charge in [0, 0.05) is 25.7 Å². The van der Waals surface area contributed by atoms with Gasteiger partial charge in [0.15, 0.2) is 4.90 Å². The highest BCUT2D eigenvalue weighted by Crippen LogP contribution is 2.25. The second kappa shape index (κ2) is 7.52. The lowest BCUT2D eigenvalue weighted by Gasteiger charge is -2.21. The Morgan fingerprint density at radius 3 is 2.33 bits per heavy atom. The van der Waals surface area contributed by atoms with Crippen LogP contribution in [-0.2, 0) is 16.4 Å². The minimum atomic E-state index is -3.99. The molecule has 0 aromatic heterocycles. The number of nitro groups is 1. The van der Waals surface area contributed by atoms with Crippen LogP contribution in [0.2, 0.25) is 0 Å². The molecule has 0 aliphatic rings. The zero-order valence-corrected chi connectivity index (χ0v) is 14.0. The summed E-state index contributed by atoms with van der Waals surface area (Å²) in [5.41, 5.74) is 6.60. The van der Waals surface area contributed by atoms with Crippen molar-refractivity contribution >= 4 is 15.7 Å². The largest absolute Gasteiger partial charge is 0.326 e. The Hall–Kier alpha value is -2.29. The fourth-order valence-electron chi connectivity index (χ4n) is 2.40. The van der Waals surface area contributed by atoms with Crippen molar-refractivity contribution in [3.8, 4) is 0 Å². The number of nitrogens with zero attached hydrogens (tertiary/aromatic N) is 2. The van der Waals surface area contributed by atoms with Gasteiger partial charge >= 0.3 is 0 Å². The third kappa shape index (κ3) is 4.16. The molecular weight excluding hydrogens is 330 g/mol. The van der Waals surface area contributed by atoms with Crippen LogP contribution in [0.25, 0.3) is 0 Å². The molecule has 2 aromatic carbocycles. The van der Waals surface area contributed by atoms with E-state index >= 15 is 0 Å². The van der Waals surface area contributed by atoms with E-state index in [9.17, 15) is 18.5 Å². The van der Waals surface area contributed by atoms with E-state index in [0.29, 0.717) is 6.42 Å². The minimum Gasteiger partial charge on any atom is -0.326 e. The van der Waals surface area contributed by atoms with E-state index in [1.807, 2.05) is 30.3 Å². The zero-order chi connectivity index (χ0) is 17.7.